The number of anilines is 1. The van der Waals surface area contributed by atoms with Gasteiger partial charge in [-0.15, -0.1) is 11.3 Å². The number of halogens is 3. The predicted molar refractivity (Wildman–Crippen MR) is 101 cm³/mol. The van der Waals surface area contributed by atoms with E-state index in [2.05, 4.69) is 9.88 Å². The fourth-order valence-corrected chi connectivity index (χ4v) is 4.12. The highest BCUT2D eigenvalue weighted by Gasteiger charge is 2.58. The lowest BCUT2D eigenvalue weighted by molar-refractivity contribution is -0.268. The smallest absolute Gasteiger partial charge is 0.374 e. The van der Waals surface area contributed by atoms with Crippen LogP contribution in [0.1, 0.15) is 22.7 Å². The third-order valence-electron chi connectivity index (χ3n) is 4.85. The highest BCUT2D eigenvalue weighted by molar-refractivity contribution is 7.09. The quantitative estimate of drug-likeness (QED) is 0.836. The Labute approximate surface area is 165 Å². The van der Waals surface area contributed by atoms with Crippen molar-refractivity contribution in [2.75, 3.05) is 31.1 Å². The SMILES string of the molecule is Cc1cccc(N2CCN(C(=O)C[C@@](O)(c3nc(C)cs3)C(F)(F)F)CC2)c1. The molecule has 5 nitrogen and oxygen atoms in total. The molecule has 0 radical (unpaired) electrons. The fraction of sp³-hybridized carbons (Fsp3) is 0.474. The average Bonchev–Trinajstić information content (AvgIpc) is 3.08. The highest BCUT2D eigenvalue weighted by Crippen LogP contribution is 2.43. The number of carbonyl (C=O) groups excluding carboxylic acids is 1. The average molecular weight is 413 g/mol. The molecule has 3 rings (SSSR count). The van der Waals surface area contributed by atoms with Gasteiger partial charge < -0.3 is 14.9 Å². The number of rotatable bonds is 4. The molecule has 2 heterocycles. The van der Waals surface area contributed by atoms with Crippen molar-refractivity contribution in [1.82, 2.24) is 9.88 Å². The van der Waals surface area contributed by atoms with Crippen molar-refractivity contribution in [3.05, 3.63) is 45.9 Å². The van der Waals surface area contributed by atoms with Gasteiger partial charge in [0, 0.05) is 42.9 Å². The second-order valence-electron chi connectivity index (χ2n) is 7.04. The highest BCUT2D eigenvalue weighted by atomic mass is 32.1. The van der Waals surface area contributed by atoms with Crippen LogP contribution in [0.25, 0.3) is 0 Å². The third kappa shape index (κ3) is 4.15. The Morgan fingerprint density at radius 1 is 1.21 bits per heavy atom. The summed E-state index contributed by atoms with van der Waals surface area (Å²) in [5.41, 5.74) is -0.750. The van der Waals surface area contributed by atoms with E-state index in [0.717, 1.165) is 11.3 Å². The number of hydrogen-bond donors (Lipinski definition) is 1. The molecule has 1 aromatic heterocycles. The first-order valence-corrected chi connectivity index (χ1v) is 9.79. The van der Waals surface area contributed by atoms with E-state index in [1.807, 2.05) is 31.2 Å². The lowest BCUT2D eigenvalue weighted by Gasteiger charge is -2.38. The zero-order valence-electron chi connectivity index (χ0n) is 15.7. The Hall–Kier alpha value is -2.13. The minimum absolute atomic E-state index is 0.303. The normalized spacial score (nSPS) is 17.5. The van der Waals surface area contributed by atoms with E-state index in [0.29, 0.717) is 43.2 Å². The van der Waals surface area contributed by atoms with Crippen molar-refractivity contribution in [2.45, 2.75) is 32.0 Å². The van der Waals surface area contributed by atoms with Crippen molar-refractivity contribution in [2.24, 2.45) is 0 Å². The van der Waals surface area contributed by atoms with Gasteiger partial charge in [-0.25, -0.2) is 4.98 Å². The van der Waals surface area contributed by atoms with Gasteiger partial charge in [-0.1, -0.05) is 12.1 Å². The first kappa shape index (κ1) is 20.6. The molecule has 0 saturated carbocycles. The van der Waals surface area contributed by atoms with E-state index < -0.39 is 29.1 Å². The maximum absolute atomic E-state index is 13.6. The summed E-state index contributed by atoms with van der Waals surface area (Å²) in [6.07, 6.45) is -6.05. The monoisotopic (exact) mass is 413 g/mol. The molecule has 1 N–H and O–H groups in total. The minimum atomic E-state index is -4.99. The zero-order valence-corrected chi connectivity index (χ0v) is 16.5. The Kier molecular flexibility index (Phi) is 5.67. The summed E-state index contributed by atoms with van der Waals surface area (Å²) in [4.78, 5) is 19.8. The maximum atomic E-state index is 13.6. The topological polar surface area (TPSA) is 56.7 Å². The molecule has 2 aromatic rings. The molecule has 1 aliphatic heterocycles. The van der Waals surface area contributed by atoms with Gasteiger partial charge in [-0.05, 0) is 31.5 Å². The number of thiazole rings is 1. The van der Waals surface area contributed by atoms with Crippen LogP contribution in [0.3, 0.4) is 0 Å². The third-order valence-corrected chi connectivity index (χ3v) is 5.96. The van der Waals surface area contributed by atoms with E-state index in [4.69, 9.17) is 0 Å². The largest absolute Gasteiger partial charge is 0.424 e. The molecule has 1 atom stereocenters. The summed E-state index contributed by atoms with van der Waals surface area (Å²) in [5, 5.41) is 11.3. The van der Waals surface area contributed by atoms with Crippen LogP contribution in [-0.4, -0.2) is 53.3 Å². The maximum Gasteiger partial charge on any atom is 0.424 e. The van der Waals surface area contributed by atoms with Crippen LogP contribution in [0.15, 0.2) is 29.6 Å². The number of piperazine rings is 1. The molecule has 1 aliphatic rings. The summed E-state index contributed by atoms with van der Waals surface area (Å²) in [7, 11) is 0. The standard InChI is InChI=1S/C19H22F3N3O2S/c1-13-4-3-5-15(10-13)24-6-8-25(9-7-24)16(26)11-18(27,19(20,21)22)17-23-14(2)12-28-17/h3-5,10,12,27H,6-9,11H2,1-2H3/t18-/m1/s1. The van der Waals surface area contributed by atoms with Crippen LogP contribution in [-0.2, 0) is 10.4 Å². The van der Waals surface area contributed by atoms with Gasteiger partial charge in [0.05, 0.1) is 6.42 Å². The zero-order chi connectivity index (χ0) is 20.5. The summed E-state index contributed by atoms with van der Waals surface area (Å²) in [6.45, 7) is 5.19. The first-order valence-electron chi connectivity index (χ1n) is 8.91. The number of hydrogen-bond acceptors (Lipinski definition) is 5. The lowest BCUT2D eigenvalue weighted by Crippen LogP contribution is -2.52. The molecule has 0 unspecified atom stereocenters. The van der Waals surface area contributed by atoms with Gasteiger partial charge in [-0.3, -0.25) is 4.79 Å². The summed E-state index contributed by atoms with van der Waals surface area (Å²) >= 11 is 0.711. The Bertz CT molecular complexity index is 847. The fourth-order valence-electron chi connectivity index (χ4n) is 3.21. The van der Waals surface area contributed by atoms with Crippen molar-refractivity contribution in [1.29, 1.82) is 0 Å². The summed E-state index contributed by atoms with van der Waals surface area (Å²) in [5.74, 6) is -0.725. The lowest BCUT2D eigenvalue weighted by atomic mass is 9.98. The van der Waals surface area contributed by atoms with Gasteiger partial charge in [-0.2, -0.15) is 13.2 Å². The molecule has 1 amide bonds. The van der Waals surface area contributed by atoms with Crippen LogP contribution in [0, 0.1) is 13.8 Å². The van der Waals surface area contributed by atoms with Crippen LogP contribution < -0.4 is 4.90 Å². The van der Waals surface area contributed by atoms with Crippen molar-refractivity contribution in [3.63, 3.8) is 0 Å². The van der Waals surface area contributed by atoms with Crippen LogP contribution in [0.4, 0.5) is 18.9 Å². The summed E-state index contributed by atoms with van der Waals surface area (Å²) < 4.78 is 40.8. The van der Waals surface area contributed by atoms with Gasteiger partial charge in [0.1, 0.15) is 5.01 Å². The van der Waals surface area contributed by atoms with E-state index in [1.54, 1.807) is 6.92 Å². The van der Waals surface area contributed by atoms with Crippen LogP contribution in [0.2, 0.25) is 0 Å². The predicted octanol–water partition coefficient (Wildman–Crippen LogP) is 3.25. The molecule has 0 aliphatic carbocycles. The number of nitrogens with zero attached hydrogens (tertiary/aromatic N) is 3. The van der Waals surface area contributed by atoms with Gasteiger partial charge in [0.2, 0.25) is 11.5 Å². The second-order valence-corrected chi connectivity index (χ2v) is 7.89. The molecular weight excluding hydrogens is 391 g/mol. The molecular formula is C19H22F3N3O2S. The summed E-state index contributed by atoms with van der Waals surface area (Å²) in [6, 6.07) is 7.94. The molecule has 0 spiro atoms. The van der Waals surface area contributed by atoms with Gasteiger partial charge >= 0.3 is 6.18 Å². The molecule has 1 fully saturated rings. The van der Waals surface area contributed by atoms with Crippen molar-refractivity contribution < 1.29 is 23.1 Å². The molecule has 9 heteroatoms. The van der Waals surface area contributed by atoms with Crippen LogP contribution >= 0.6 is 11.3 Å². The number of benzene rings is 1. The van der Waals surface area contributed by atoms with E-state index in [-0.39, 0.29) is 0 Å². The van der Waals surface area contributed by atoms with E-state index >= 15 is 0 Å². The Balaban J connectivity index is 1.69. The van der Waals surface area contributed by atoms with Crippen molar-refractivity contribution in [3.8, 4) is 0 Å². The van der Waals surface area contributed by atoms with E-state index in [9.17, 15) is 23.1 Å². The Morgan fingerprint density at radius 3 is 2.43 bits per heavy atom. The second kappa shape index (κ2) is 7.71. The number of amides is 1. The van der Waals surface area contributed by atoms with Gasteiger partial charge in [0.15, 0.2) is 0 Å². The molecule has 152 valence electrons. The van der Waals surface area contributed by atoms with E-state index in [1.165, 1.54) is 10.3 Å². The number of carbonyl (C=O) groups is 1. The van der Waals surface area contributed by atoms with Gasteiger partial charge in [0.25, 0.3) is 0 Å². The molecule has 28 heavy (non-hydrogen) atoms. The number of aromatic nitrogens is 1. The molecule has 0 bridgehead atoms. The minimum Gasteiger partial charge on any atom is -0.374 e. The number of aliphatic hydroxyl groups is 1. The first-order chi connectivity index (χ1) is 13.1. The number of aryl methyl sites for hydroxylation is 2. The molecule has 1 aromatic carbocycles. The Morgan fingerprint density at radius 2 is 1.89 bits per heavy atom. The van der Waals surface area contributed by atoms with Crippen molar-refractivity contribution >= 4 is 22.9 Å². The molecule has 1 saturated heterocycles. The van der Waals surface area contributed by atoms with Crippen LogP contribution in [0.5, 0.6) is 0 Å². The number of alkyl halides is 3.